The van der Waals surface area contributed by atoms with Crippen molar-refractivity contribution >= 4 is 23.2 Å². The van der Waals surface area contributed by atoms with E-state index < -0.39 is 0 Å². The monoisotopic (exact) mass is 275 g/mol. The fourth-order valence-corrected chi connectivity index (χ4v) is 2.11. The molecule has 17 heavy (non-hydrogen) atoms. The molecule has 1 rings (SSSR count). The van der Waals surface area contributed by atoms with Gasteiger partial charge < -0.3 is 10.1 Å². The molecule has 0 saturated heterocycles. The van der Waals surface area contributed by atoms with E-state index in [0.29, 0.717) is 5.02 Å². The summed E-state index contributed by atoms with van der Waals surface area (Å²) in [5.41, 5.74) is 1.03. The highest BCUT2D eigenvalue weighted by atomic mass is 35.5. The van der Waals surface area contributed by atoms with Gasteiger partial charge in [0.15, 0.2) is 0 Å². The number of nitrogens with one attached hydrogen (secondary N) is 1. The SMILES string of the molecule is CCCOCCC(NC)c1cc(Cl)ccc1Cl. The normalized spacial score (nSPS) is 12.7. The third-order valence-electron chi connectivity index (χ3n) is 2.58. The minimum absolute atomic E-state index is 0.179. The van der Waals surface area contributed by atoms with Crippen LogP contribution >= 0.6 is 23.2 Å². The first-order valence-corrected chi connectivity index (χ1v) is 6.64. The largest absolute Gasteiger partial charge is 0.381 e. The van der Waals surface area contributed by atoms with Gasteiger partial charge in [-0.1, -0.05) is 30.1 Å². The maximum absolute atomic E-state index is 6.17. The fourth-order valence-electron chi connectivity index (χ4n) is 1.68. The Balaban J connectivity index is 2.62. The van der Waals surface area contributed by atoms with Crippen LogP contribution in [0.4, 0.5) is 0 Å². The van der Waals surface area contributed by atoms with Crippen molar-refractivity contribution in [2.45, 2.75) is 25.8 Å². The van der Waals surface area contributed by atoms with Gasteiger partial charge in [-0.05, 0) is 43.7 Å². The summed E-state index contributed by atoms with van der Waals surface area (Å²) in [4.78, 5) is 0. The first-order valence-electron chi connectivity index (χ1n) is 5.89. The molecule has 1 atom stereocenters. The van der Waals surface area contributed by atoms with E-state index in [1.54, 1.807) is 6.07 Å². The van der Waals surface area contributed by atoms with Gasteiger partial charge in [0, 0.05) is 29.3 Å². The molecule has 1 N–H and O–H groups in total. The van der Waals surface area contributed by atoms with Gasteiger partial charge >= 0.3 is 0 Å². The Hall–Kier alpha value is -0.280. The lowest BCUT2D eigenvalue weighted by Crippen LogP contribution is -2.19. The zero-order valence-corrected chi connectivity index (χ0v) is 11.8. The summed E-state index contributed by atoms with van der Waals surface area (Å²) < 4.78 is 5.49. The molecular formula is C13H19Cl2NO. The van der Waals surface area contributed by atoms with Crippen LogP contribution in [0, 0.1) is 0 Å². The topological polar surface area (TPSA) is 21.3 Å². The molecule has 0 aliphatic rings. The molecule has 0 radical (unpaired) electrons. The Morgan fingerprint density at radius 1 is 1.29 bits per heavy atom. The third kappa shape index (κ3) is 4.84. The van der Waals surface area contributed by atoms with Crippen molar-refractivity contribution in [3.8, 4) is 0 Å². The quantitative estimate of drug-likeness (QED) is 0.758. The minimum Gasteiger partial charge on any atom is -0.381 e. The van der Waals surface area contributed by atoms with Crippen molar-refractivity contribution in [3.05, 3.63) is 33.8 Å². The lowest BCUT2D eigenvalue weighted by Gasteiger charge is -2.18. The van der Waals surface area contributed by atoms with E-state index in [4.69, 9.17) is 27.9 Å². The third-order valence-corrected chi connectivity index (χ3v) is 3.16. The van der Waals surface area contributed by atoms with Gasteiger partial charge in [0.25, 0.3) is 0 Å². The van der Waals surface area contributed by atoms with E-state index in [1.807, 2.05) is 19.2 Å². The number of halogens is 2. The molecule has 0 aliphatic carbocycles. The van der Waals surface area contributed by atoms with Crippen molar-refractivity contribution in [2.24, 2.45) is 0 Å². The molecule has 0 amide bonds. The minimum atomic E-state index is 0.179. The number of hydrogen-bond donors (Lipinski definition) is 1. The molecule has 0 aromatic heterocycles. The molecule has 4 heteroatoms. The smallest absolute Gasteiger partial charge is 0.0484 e. The maximum Gasteiger partial charge on any atom is 0.0484 e. The summed E-state index contributed by atoms with van der Waals surface area (Å²) in [6.45, 7) is 3.63. The average molecular weight is 276 g/mol. The van der Waals surface area contributed by atoms with Gasteiger partial charge in [0.05, 0.1) is 0 Å². The molecule has 1 unspecified atom stereocenters. The van der Waals surface area contributed by atoms with Crippen molar-refractivity contribution in [3.63, 3.8) is 0 Å². The summed E-state index contributed by atoms with van der Waals surface area (Å²) in [5.74, 6) is 0. The Labute approximate surface area is 113 Å². The highest BCUT2D eigenvalue weighted by Gasteiger charge is 2.13. The molecule has 0 aliphatic heterocycles. The Morgan fingerprint density at radius 2 is 2.06 bits per heavy atom. The summed E-state index contributed by atoms with van der Waals surface area (Å²) in [6, 6.07) is 5.72. The Bertz CT molecular complexity index is 344. The molecular weight excluding hydrogens is 257 g/mol. The average Bonchev–Trinajstić information content (AvgIpc) is 2.33. The van der Waals surface area contributed by atoms with Crippen LogP contribution in [-0.4, -0.2) is 20.3 Å². The van der Waals surface area contributed by atoms with Gasteiger partial charge in [-0.25, -0.2) is 0 Å². The fraction of sp³-hybridized carbons (Fsp3) is 0.538. The van der Waals surface area contributed by atoms with Crippen molar-refractivity contribution < 1.29 is 4.74 Å². The first kappa shape index (κ1) is 14.8. The molecule has 96 valence electrons. The molecule has 2 nitrogen and oxygen atoms in total. The van der Waals surface area contributed by atoms with Crippen LogP contribution in [0.5, 0.6) is 0 Å². The predicted octanol–water partition coefficient (Wildman–Crippen LogP) is 4.07. The van der Waals surface area contributed by atoms with E-state index in [9.17, 15) is 0 Å². The van der Waals surface area contributed by atoms with Crippen molar-refractivity contribution in [1.29, 1.82) is 0 Å². The van der Waals surface area contributed by atoms with Gasteiger partial charge in [0.2, 0.25) is 0 Å². The Morgan fingerprint density at radius 3 is 2.71 bits per heavy atom. The summed E-state index contributed by atoms with van der Waals surface area (Å²) in [5, 5.41) is 4.69. The van der Waals surface area contributed by atoms with E-state index in [-0.39, 0.29) is 6.04 Å². The molecule has 0 saturated carbocycles. The second-order valence-corrected chi connectivity index (χ2v) is 4.75. The molecule has 0 spiro atoms. The van der Waals surface area contributed by atoms with E-state index in [0.717, 1.165) is 36.6 Å². The second kappa shape index (κ2) is 7.93. The molecule has 1 aromatic rings. The van der Waals surface area contributed by atoms with Crippen molar-refractivity contribution in [1.82, 2.24) is 5.32 Å². The van der Waals surface area contributed by atoms with Crippen molar-refractivity contribution in [2.75, 3.05) is 20.3 Å². The zero-order chi connectivity index (χ0) is 12.7. The number of rotatable bonds is 7. The lowest BCUT2D eigenvalue weighted by molar-refractivity contribution is 0.125. The lowest BCUT2D eigenvalue weighted by atomic mass is 10.0. The first-order chi connectivity index (χ1) is 8.19. The number of ether oxygens (including phenoxy) is 1. The van der Waals surface area contributed by atoms with Gasteiger partial charge in [-0.15, -0.1) is 0 Å². The van der Waals surface area contributed by atoms with Crippen LogP contribution in [0.2, 0.25) is 10.0 Å². The number of benzene rings is 1. The number of hydrogen-bond acceptors (Lipinski definition) is 2. The summed E-state index contributed by atoms with van der Waals surface area (Å²) in [7, 11) is 1.92. The van der Waals surface area contributed by atoms with Crippen LogP contribution in [0.3, 0.4) is 0 Å². The molecule has 0 bridgehead atoms. The van der Waals surface area contributed by atoms with Gasteiger partial charge in [0.1, 0.15) is 0 Å². The van der Waals surface area contributed by atoms with Crippen LogP contribution in [-0.2, 0) is 4.74 Å². The zero-order valence-electron chi connectivity index (χ0n) is 10.3. The second-order valence-electron chi connectivity index (χ2n) is 3.91. The van der Waals surface area contributed by atoms with E-state index >= 15 is 0 Å². The highest BCUT2D eigenvalue weighted by Crippen LogP contribution is 2.28. The Kier molecular flexibility index (Phi) is 6.90. The summed E-state index contributed by atoms with van der Waals surface area (Å²) in [6.07, 6.45) is 1.93. The van der Waals surface area contributed by atoms with Gasteiger partial charge in [-0.3, -0.25) is 0 Å². The highest BCUT2D eigenvalue weighted by molar-refractivity contribution is 6.33. The van der Waals surface area contributed by atoms with Crippen LogP contribution in [0.15, 0.2) is 18.2 Å². The van der Waals surface area contributed by atoms with Gasteiger partial charge in [-0.2, -0.15) is 0 Å². The molecule has 1 aromatic carbocycles. The van der Waals surface area contributed by atoms with E-state index in [2.05, 4.69) is 12.2 Å². The van der Waals surface area contributed by atoms with Crippen LogP contribution < -0.4 is 5.32 Å². The predicted molar refractivity (Wildman–Crippen MR) is 74.0 cm³/mol. The standard InChI is InChI=1S/C13H19Cl2NO/c1-3-7-17-8-6-13(16-2)11-9-10(14)4-5-12(11)15/h4-5,9,13,16H,3,6-8H2,1-2H3. The van der Waals surface area contributed by atoms with Crippen LogP contribution in [0.25, 0.3) is 0 Å². The molecule has 0 heterocycles. The van der Waals surface area contributed by atoms with E-state index in [1.165, 1.54) is 0 Å². The van der Waals surface area contributed by atoms with Crippen LogP contribution in [0.1, 0.15) is 31.4 Å². The molecule has 0 fully saturated rings. The maximum atomic E-state index is 6.17. The summed E-state index contributed by atoms with van der Waals surface area (Å²) >= 11 is 12.2.